The SMILES string of the molecule is C.CC.COC(=O)/C=C/CN(C)CCOCCOCCN. The zero-order chi connectivity index (χ0) is 15.6. The number of esters is 1. The minimum absolute atomic E-state index is 0. The lowest BCUT2D eigenvalue weighted by atomic mass is 10.4. The Hall–Kier alpha value is -0.950. The maximum atomic E-state index is 10.8. The molecule has 0 heterocycles. The van der Waals surface area contributed by atoms with E-state index in [0.29, 0.717) is 39.5 Å². The Morgan fingerprint density at radius 2 is 1.71 bits per heavy atom. The molecule has 0 aromatic rings. The predicted octanol–water partition coefficient (Wildman–Crippen LogP) is 1.30. The number of ether oxygens (including phenoxy) is 3. The van der Waals surface area contributed by atoms with E-state index in [9.17, 15) is 4.79 Å². The van der Waals surface area contributed by atoms with Gasteiger partial charge in [0.25, 0.3) is 0 Å². The summed E-state index contributed by atoms with van der Waals surface area (Å²) in [6.07, 6.45) is 3.17. The summed E-state index contributed by atoms with van der Waals surface area (Å²) in [5.74, 6) is -0.336. The maximum absolute atomic E-state index is 10.8. The Morgan fingerprint density at radius 3 is 2.24 bits per heavy atom. The highest BCUT2D eigenvalue weighted by molar-refractivity contribution is 5.81. The number of methoxy groups -OCH3 is 1. The van der Waals surface area contributed by atoms with E-state index in [4.69, 9.17) is 15.2 Å². The molecule has 0 saturated heterocycles. The van der Waals surface area contributed by atoms with Crippen molar-refractivity contribution in [3.63, 3.8) is 0 Å². The van der Waals surface area contributed by atoms with Crippen LogP contribution in [0.3, 0.4) is 0 Å². The lowest BCUT2D eigenvalue weighted by Gasteiger charge is -2.14. The van der Waals surface area contributed by atoms with Gasteiger partial charge in [-0.05, 0) is 7.05 Å². The van der Waals surface area contributed by atoms with Gasteiger partial charge in [-0.3, -0.25) is 0 Å². The number of hydrogen-bond acceptors (Lipinski definition) is 6. The van der Waals surface area contributed by atoms with Crippen LogP contribution in [0, 0.1) is 0 Å². The minimum atomic E-state index is -0.336. The van der Waals surface area contributed by atoms with Gasteiger partial charge in [-0.1, -0.05) is 27.4 Å². The molecule has 0 saturated carbocycles. The Labute approximate surface area is 130 Å². The summed E-state index contributed by atoms with van der Waals surface area (Å²) >= 11 is 0. The molecule has 6 nitrogen and oxygen atoms in total. The summed E-state index contributed by atoms with van der Waals surface area (Å²) in [5, 5.41) is 0. The molecule has 0 aliphatic rings. The molecule has 0 aliphatic carbocycles. The molecule has 0 aliphatic heterocycles. The van der Waals surface area contributed by atoms with Gasteiger partial charge in [0.05, 0.1) is 33.5 Å². The molecule has 0 aromatic carbocycles. The van der Waals surface area contributed by atoms with Crippen molar-refractivity contribution in [2.45, 2.75) is 21.3 Å². The average Bonchev–Trinajstić information content (AvgIpc) is 2.48. The monoisotopic (exact) mass is 306 g/mol. The largest absolute Gasteiger partial charge is 0.466 e. The van der Waals surface area contributed by atoms with Crippen LogP contribution >= 0.6 is 0 Å². The van der Waals surface area contributed by atoms with Gasteiger partial charge >= 0.3 is 5.97 Å². The van der Waals surface area contributed by atoms with Crippen LogP contribution < -0.4 is 5.73 Å². The Balaban J connectivity index is -0.00000103. The van der Waals surface area contributed by atoms with Crippen molar-refractivity contribution >= 4 is 5.97 Å². The van der Waals surface area contributed by atoms with E-state index in [1.54, 1.807) is 6.08 Å². The van der Waals surface area contributed by atoms with Crippen molar-refractivity contribution < 1.29 is 19.0 Å². The lowest BCUT2D eigenvalue weighted by Crippen LogP contribution is -2.24. The van der Waals surface area contributed by atoms with Crippen LogP contribution in [0.1, 0.15) is 21.3 Å². The van der Waals surface area contributed by atoms with Gasteiger partial charge in [-0.25, -0.2) is 4.79 Å². The third-order valence-electron chi connectivity index (χ3n) is 2.12. The molecule has 0 aromatic heterocycles. The first-order chi connectivity index (χ1) is 9.70. The fraction of sp³-hybridized carbons (Fsp3) is 0.800. The maximum Gasteiger partial charge on any atom is 0.330 e. The predicted molar refractivity (Wildman–Crippen MR) is 87.4 cm³/mol. The van der Waals surface area contributed by atoms with Crippen LogP contribution in [0.15, 0.2) is 12.2 Å². The number of likely N-dealkylation sites (N-methyl/N-ethyl adjacent to an activating group) is 1. The van der Waals surface area contributed by atoms with Gasteiger partial charge in [-0.2, -0.15) is 0 Å². The normalized spacial score (nSPS) is 10.0. The van der Waals surface area contributed by atoms with E-state index in [-0.39, 0.29) is 13.4 Å². The molecule has 2 N–H and O–H groups in total. The number of carbonyl (C=O) groups excluding carboxylic acids is 1. The van der Waals surface area contributed by atoms with Crippen LogP contribution in [0.2, 0.25) is 0 Å². The second-order valence-electron chi connectivity index (χ2n) is 3.70. The van der Waals surface area contributed by atoms with Gasteiger partial charge in [0.1, 0.15) is 0 Å². The number of nitrogens with two attached hydrogens (primary N) is 1. The topological polar surface area (TPSA) is 74.0 Å². The van der Waals surface area contributed by atoms with Crippen LogP contribution in [-0.4, -0.2) is 71.1 Å². The molecule has 0 fully saturated rings. The van der Waals surface area contributed by atoms with Crippen LogP contribution in [0.5, 0.6) is 0 Å². The first kappa shape index (κ1) is 25.0. The third kappa shape index (κ3) is 21.5. The van der Waals surface area contributed by atoms with E-state index in [1.807, 2.05) is 25.8 Å². The lowest BCUT2D eigenvalue weighted by molar-refractivity contribution is -0.134. The highest BCUT2D eigenvalue weighted by Gasteiger charge is 1.97. The van der Waals surface area contributed by atoms with Crippen molar-refractivity contribution in [3.05, 3.63) is 12.2 Å². The zero-order valence-corrected chi connectivity index (χ0v) is 13.3. The Morgan fingerprint density at radius 1 is 1.14 bits per heavy atom. The van der Waals surface area contributed by atoms with E-state index < -0.39 is 0 Å². The number of carbonyl (C=O) groups is 1. The van der Waals surface area contributed by atoms with Crippen LogP contribution in [0.25, 0.3) is 0 Å². The highest BCUT2D eigenvalue weighted by Crippen LogP contribution is 1.87. The summed E-state index contributed by atoms with van der Waals surface area (Å²) < 4.78 is 15.0. The average molecular weight is 306 g/mol. The summed E-state index contributed by atoms with van der Waals surface area (Å²) in [4.78, 5) is 12.8. The molecule has 0 radical (unpaired) electrons. The second kappa shape index (κ2) is 21.4. The van der Waals surface area contributed by atoms with E-state index in [1.165, 1.54) is 13.2 Å². The number of hydrogen-bond donors (Lipinski definition) is 1. The summed E-state index contributed by atoms with van der Waals surface area (Å²) in [6, 6.07) is 0. The Kier molecular flexibility index (Phi) is 25.4. The van der Waals surface area contributed by atoms with Crippen molar-refractivity contribution in [2.24, 2.45) is 5.73 Å². The fourth-order valence-electron chi connectivity index (χ4n) is 1.11. The fourth-order valence-corrected chi connectivity index (χ4v) is 1.11. The van der Waals surface area contributed by atoms with Crippen molar-refractivity contribution in [1.82, 2.24) is 4.90 Å². The third-order valence-corrected chi connectivity index (χ3v) is 2.12. The van der Waals surface area contributed by atoms with Crippen molar-refractivity contribution in [2.75, 3.05) is 60.2 Å². The van der Waals surface area contributed by atoms with Gasteiger partial charge < -0.3 is 24.8 Å². The van der Waals surface area contributed by atoms with Crippen LogP contribution in [-0.2, 0) is 19.0 Å². The first-order valence-corrected chi connectivity index (χ1v) is 6.99. The molecular formula is C15H34N2O4. The molecular weight excluding hydrogens is 272 g/mol. The first-order valence-electron chi connectivity index (χ1n) is 6.99. The molecule has 0 bridgehead atoms. The van der Waals surface area contributed by atoms with E-state index in [0.717, 1.165) is 6.54 Å². The van der Waals surface area contributed by atoms with E-state index in [2.05, 4.69) is 4.74 Å². The minimum Gasteiger partial charge on any atom is -0.466 e. The molecule has 6 heteroatoms. The molecule has 0 atom stereocenters. The molecule has 0 rings (SSSR count). The van der Waals surface area contributed by atoms with Gasteiger partial charge in [0.15, 0.2) is 0 Å². The Bertz CT molecular complexity index is 236. The summed E-state index contributed by atoms with van der Waals surface area (Å²) in [7, 11) is 3.31. The summed E-state index contributed by atoms with van der Waals surface area (Å²) in [5.41, 5.74) is 5.28. The molecule has 21 heavy (non-hydrogen) atoms. The van der Waals surface area contributed by atoms with Gasteiger partial charge in [0, 0.05) is 25.7 Å². The highest BCUT2D eigenvalue weighted by atomic mass is 16.5. The van der Waals surface area contributed by atoms with E-state index >= 15 is 0 Å². The van der Waals surface area contributed by atoms with Gasteiger partial charge in [-0.15, -0.1) is 0 Å². The molecule has 0 unspecified atom stereocenters. The quantitative estimate of drug-likeness (QED) is 0.352. The zero-order valence-electron chi connectivity index (χ0n) is 13.3. The molecule has 128 valence electrons. The number of nitrogens with zero attached hydrogens (tertiary/aromatic N) is 1. The van der Waals surface area contributed by atoms with Crippen molar-refractivity contribution in [3.8, 4) is 0 Å². The second-order valence-corrected chi connectivity index (χ2v) is 3.70. The molecule has 0 spiro atoms. The summed E-state index contributed by atoms with van der Waals surface area (Å²) in [6.45, 7) is 8.37. The van der Waals surface area contributed by atoms with Crippen LogP contribution in [0.4, 0.5) is 0 Å². The molecule has 0 amide bonds. The smallest absolute Gasteiger partial charge is 0.330 e. The number of rotatable bonds is 11. The standard InChI is InChI=1S/C12H24N2O4.C2H6.CH4/c1-14(6-3-4-12(15)16-2)7-9-18-11-10-17-8-5-13;1-2;/h3-4H,5-11,13H2,1-2H3;1-2H3;1H4/b4-3+;;. The van der Waals surface area contributed by atoms with Gasteiger partial charge in [0.2, 0.25) is 0 Å². The van der Waals surface area contributed by atoms with Crippen molar-refractivity contribution in [1.29, 1.82) is 0 Å².